The second kappa shape index (κ2) is 10.4. The quantitative estimate of drug-likeness (QED) is 0.635. The molecule has 0 unspecified atom stereocenters. The zero-order chi connectivity index (χ0) is 16.5. The van der Waals surface area contributed by atoms with Crippen LogP contribution in [0.3, 0.4) is 0 Å². The molecule has 2 aliphatic rings. The number of nitrogens with zero attached hydrogens (tertiary/aromatic N) is 1. The molecule has 1 heterocycles. The zero-order valence-electron chi connectivity index (χ0n) is 14.6. The number of hydrogen-bond acceptors (Lipinski definition) is 4. The van der Waals surface area contributed by atoms with E-state index in [-0.39, 0.29) is 17.3 Å². The van der Waals surface area contributed by atoms with E-state index < -0.39 is 10.8 Å². The van der Waals surface area contributed by atoms with Crippen LogP contribution in [0.5, 0.6) is 0 Å². The van der Waals surface area contributed by atoms with E-state index in [1.54, 1.807) is 0 Å². The van der Waals surface area contributed by atoms with Gasteiger partial charge < -0.3 is 9.64 Å². The Bertz CT molecular complexity index is 382. The summed E-state index contributed by atoms with van der Waals surface area (Å²) >= 11 is 0. The molecule has 23 heavy (non-hydrogen) atoms. The lowest BCUT2D eigenvalue weighted by atomic mass is 9.97. The van der Waals surface area contributed by atoms with E-state index >= 15 is 0 Å². The van der Waals surface area contributed by atoms with E-state index in [9.17, 15) is 9.00 Å². The SMILES string of the molecule is CCCC[S@@](=O)[C@H]1CCCC[C@@H]1OC(=O)CCN1CCCCC1. The van der Waals surface area contributed by atoms with Crippen LogP contribution in [-0.2, 0) is 20.3 Å². The smallest absolute Gasteiger partial charge is 0.307 e. The highest BCUT2D eigenvalue weighted by Gasteiger charge is 2.32. The van der Waals surface area contributed by atoms with E-state index in [4.69, 9.17) is 4.74 Å². The van der Waals surface area contributed by atoms with E-state index in [2.05, 4.69) is 11.8 Å². The van der Waals surface area contributed by atoms with Gasteiger partial charge in [-0.25, -0.2) is 0 Å². The van der Waals surface area contributed by atoms with Crippen molar-refractivity contribution in [3.8, 4) is 0 Å². The van der Waals surface area contributed by atoms with Crippen LogP contribution < -0.4 is 0 Å². The van der Waals surface area contributed by atoms with Crippen molar-refractivity contribution < 1.29 is 13.7 Å². The van der Waals surface area contributed by atoms with Crippen LogP contribution in [0.1, 0.15) is 71.1 Å². The number of piperidine rings is 1. The first kappa shape index (κ1) is 18.9. The van der Waals surface area contributed by atoms with Crippen LogP contribution >= 0.6 is 0 Å². The van der Waals surface area contributed by atoms with Gasteiger partial charge in [-0.15, -0.1) is 0 Å². The number of esters is 1. The Morgan fingerprint density at radius 3 is 2.61 bits per heavy atom. The topological polar surface area (TPSA) is 46.6 Å². The molecule has 0 radical (unpaired) electrons. The summed E-state index contributed by atoms with van der Waals surface area (Å²) in [5.74, 6) is 0.656. The third kappa shape index (κ3) is 6.54. The van der Waals surface area contributed by atoms with Crippen molar-refractivity contribution in [1.29, 1.82) is 0 Å². The molecular weight excluding hydrogens is 310 g/mol. The van der Waals surface area contributed by atoms with Crippen molar-refractivity contribution in [3.63, 3.8) is 0 Å². The van der Waals surface area contributed by atoms with Gasteiger partial charge in [-0.05, 0) is 51.6 Å². The number of rotatable bonds is 8. The number of carbonyl (C=O) groups is 1. The van der Waals surface area contributed by atoms with E-state index in [0.29, 0.717) is 6.42 Å². The Morgan fingerprint density at radius 2 is 1.87 bits per heavy atom. The summed E-state index contributed by atoms with van der Waals surface area (Å²) in [6.07, 6.45) is 10.3. The van der Waals surface area contributed by atoms with Crippen molar-refractivity contribution in [2.45, 2.75) is 82.5 Å². The number of hydrogen-bond donors (Lipinski definition) is 0. The molecule has 1 saturated carbocycles. The van der Waals surface area contributed by atoms with Gasteiger partial charge in [-0.3, -0.25) is 9.00 Å². The zero-order valence-corrected chi connectivity index (χ0v) is 15.5. The van der Waals surface area contributed by atoms with Crippen LogP contribution in [0.2, 0.25) is 0 Å². The van der Waals surface area contributed by atoms with Crippen LogP contribution in [0.25, 0.3) is 0 Å². The molecule has 0 spiro atoms. The van der Waals surface area contributed by atoms with E-state index in [1.165, 1.54) is 19.3 Å². The Morgan fingerprint density at radius 1 is 1.13 bits per heavy atom. The maximum Gasteiger partial charge on any atom is 0.307 e. The van der Waals surface area contributed by atoms with Gasteiger partial charge in [0.2, 0.25) is 0 Å². The maximum absolute atomic E-state index is 12.5. The Balaban J connectivity index is 1.75. The third-order valence-electron chi connectivity index (χ3n) is 5.04. The molecule has 0 amide bonds. The van der Waals surface area contributed by atoms with Gasteiger partial charge in [0, 0.05) is 23.1 Å². The summed E-state index contributed by atoms with van der Waals surface area (Å²) in [6.45, 7) is 5.16. The highest BCUT2D eigenvalue weighted by atomic mass is 32.2. The lowest BCUT2D eigenvalue weighted by molar-refractivity contribution is -0.150. The fraction of sp³-hybridized carbons (Fsp3) is 0.944. The molecule has 4 nitrogen and oxygen atoms in total. The van der Waals surface area contributed by atoms with Gasteiger partial charge >= 0.3 is 5.97 Å². The van der Waals surface area contributed by atoms with Crippen LogP contribution in [0, 0.1) is 0 Å². The molecule has 3 atom stereocenters. The largest absolute Gasteiger partial charge is 0.461 e. The average molecular weight is 344 g/mol. The number of ether oxygens (including phenoxy) is 1. The fourth-order valence-corrected chi connectivity index (χ4v) is 5.43. The molecule has 2 rings (SSSR count). The molecule has 1 aliphatic carbocycles. The Hall–Kier alpha value is -0.420. The van der Waals surface area contributed by atoms with Crippen LogP contribution in [0.4, 0.5) is 0 Å². The monoisotopic (exact) mass is 343 g/mol. The molecule has 1 aliphatic heterocycles. The molecular formula is C18H33NO3S. The summed E-state index contributed by atoms with van der Waals surface area (Å²) in [5.41, 5.74) is 0. The molecule has 2 fully saturated rings. The van der Waals surface area contributed by atoms with Gasteiger partial charge in [0.05, 0.1) is 11.7 Å². The minimum atomic E-state index is -0.849. The molecule has 0 N–H and O–H groups in total. The Labute approximate surface area is 143 Å². The lowest BCUT2D eigenvalue weighted by Crippen LogP contribution is -2.39. The first-order valence-corrected chi connectivity index (χ1v) is 10.9. The molecule has 5 heteroatoms. The van der Waals surface area contributed by atoms with Gasteiger partial charge in [0.1, 0.15) is 6.10 Å². The van der Waals surface area contributed by atoms with Crippen molar-refractivity contribution in [2.24, 2.45) is 0 Å². The molecule has 0 bridgehead atoms. The molecule has 0 aromatic carbocycles. The lowest BCUT2D eigenvalue weighted by Gasteiger charge is -2.31. The maximum atomic E-state index is 12.5. The highest BCUT2D eigenvalue weighted by Crippen LogP contribution is 2.26. The van der Waals surface area contributed by atoms with Gasteiger partial charge in [0.15, 0.2) is 0 Å². The molecule has 134 valence electrons. The standard InChI is InChI=1S/C18H33NO3S/c1-2-3-15-23(21)17-10-6-5-9-16(17)22-18(20)11-14-19-12-7-4-8-13-19/h16-17H,2-15H2,1H3/t16-,17-,23+/m0/s1. The average Bonchev–Trinajstić information content (AvgIpc) is 2.59. The second-order valence-corrected chi connectivity index (χ2v) is 8.72. The van der Waals surface area contributed by atoms with Crippen molar-refractivity contribution in [1.82, 2.24) is 4.90 Å². The predicted molar refractivity (Wildman–Crippen MR) is 95.0 cm³/mol. The number of unbranched alkanes of at least 4 members (excludes halogenated alkanes) is 1. The summed E-state index contributed by atoms with van der Waals surface area (Å²) < 4.78 is 18.2. The van der Waals surface area contributed by atoms with E-state index in [0.717, 1.165) is 63.9 Å². The second-order valence-electron chi connectivity index (χ2n) is 6.94. The molecule has 0 aromatic heterocycles. The van der Waals surface area contributed by atoms with Crippen LogP contribution in [-0.4, -0.2) is 51.8 Å². The summed E-state index contributed by atoms with van der Waals surface area (Å²) in [5, 5.41) is 0.0641. The van der Waals surface area contributed by atoms with Gasteiger partial charge in [-0.2, -0.15) is 0 Å². The van der Waals surface area contributed by atoms with Gasteiger partial charge in [-0.1, -0.05) is 26.2 Å². The molecule has 0 aromatic rings. The number of likely N-dealkylation sites (tertiary alicyclic amines) is 1. The first-order chi connectivity index (χ1) is 11.2. The van der Waals surface area contributed by atoms with Crippen molar-refractivity contribution in [2.75, 3.05) is 25.4 Å². The van der Waals surface area contributed by atoms with Crippen molar-refractivity contribution >= 4 is 16.8 Å². The predicted octanol–water partition coefficient (Wildman–Crippen LogP) is 3.27. The first-order valence-electron chi connectivity index (χ1n) is 9.49. The summed E-state index contributed by atoms with van der Waals surface area (Å²) in [6, 6.07) is 0. The van der Waals surface area contributed by atoms with Gasteiger partial charge in [0.25, 0.3) is 0 Å². The van der Waals surface area contributed by atoms with E-state index in [1.807, 2.05) is 0 Å². The minimum Gasteiger partial charge on any atom is -0.461 e. The van der Waals surface area contributed by atoms with Crippen molar-refractivity contribution in [3.05, 3.63) is 0 Å². The third-order valence-corrected chi connectivity index (χ3v) is 6.95. The summed E-state index contributed by atoms with van der Waals surface area (Å²) in [4.78, 5) is 14.6. The number of carbonyl (C=O) groups excluding carboxylic acids is 1. The van der Waals surface area contributed by atoms with Crippen LogP contribution in [0.15, 0.2) is 0 Å². The minimum absolute atomic E-state index is 0.0641. The highest BCUT2D eigenvalue weighted by molar-refractivity contribution is 7.85. The normalized spacial score (nSPS) is 27.5. The Kier molecular flexibility index (Phi) is 8.59. The molecule has 1 saturated heterocycles. The summed E-state index contributed by atoms with van der Waals surface area (Å²) in [7, 11) is -0.849. The fourth-order valence-electron chi connectivity index (χ4n) is 3.60.